The maximum Gasteiger partial charge on any atom is 0.298 e. The molecule has 150 valence electrons. The van der Waals surface area contributed by atoms with Crippen LogP contribution in [0.5, 0.6) is 5.75 Å². The van der Waals surface area contributed by atoms with Crippen LogP contribution in [0, 0.1) is 0 Å². The summed E-state index contributed by atoms with van der Waals surface area (Å²) in [7, 11) is 1.59. The smallest absolute Gasteiger partial charge is 0.298 e. The van der Waals surface area contributed by atoms with Crippen LogP contribution in [0.15, 0.2) is 72.9 Å². The normalized spacial score (nSPS) is 10.8. The number of fused-ring (bicyclic) bond motifs is 1. The molecule has 0 saturated carbocycles. The van der Waals surface area contributed by atoms with Crippen LogP contribution in [0.4, 0.5) is 5.69 Å². The van der Waals surface area contributed by atoms with Crippen molar-refractivity contribution in [2.24, 2.45) is 0 Å². The van der Waals surface area contributed by atoms with Crippen LogP contribution in [0.1, 0.15) is 10.5 Å². The van der Waals surface area contributed by atoms with E-state index in [-0.39, 0.29) is 10.7 Å². The van der Waals surface area contributed by atoms with Gasteiger partial charge in [-0.05, 0) is 54.1 Å². The lowest BCUT2D eigenvalue weighted by molar-refractivity contribution is -0.112. The van der Waals surface area contributed by atoms with E-state index in [1.807, 2.05) is 42.5 Å². The van der Waals surface area contributed by atoms with Gasteiger partial charge in [-0.25, -0.2) is 0 Å². The van der Waals surface area contributed by atoms with E-state index in [4.69, 9.17) is 27.9 Å². The van der Waals surface area contributed by atoms with Crippen molar-refractivity contribution in [1.29, 1.82) is 0 Å². The third-order valence-corrected chi connectivity index (χ3v) is 5.42. The van der Waals surface area contributed by atoms with Crippen LogP contribution in [-0.4, -0.2) is 23.2 Å². The third kappa shape index (κ3) is 3.77. The number of benzene rings is 2. The Bertz CT molecular complexity index is 1260. The van der Waals surface area contributed by atoms with Gasteiger partial charge in [0.1, 0.15) is 11.4 Å². The van der Waals surface area contributed by atoms with Gasteiger partial charge in [0.15, 0.2) is 0 Å². The van der Waals surface area contributed by atoms with Crippen LogP contribution in [0.25, 0.3) is 16.6 Å². The highest BCUT2D eigenvalue weighted by molar-refractivity contribution is 6.47. The fourth-order valence-electron chi connectivity index (χ4n) is 3.22. The number of nitrogens with zero attached hydrogens (tertiary/aromatic N) is 1. The molecule has 0 aliphatic rings. The van der Waals surface area contributed by atoms with E-state index in [9.17, 15) is 9.59 Å². The first-order valence-corrected chi connectivity index (χ1v) is 9.79. The molecule has 0 saturated heterocycles. The number of ether oxygens (including phenoxy) is 1. The number of pyridine rings is 1. The molecule has 0 bridgehead atoms. The monoisotopic (exact) mass is 438 g/mol. The Labute approximate surface area is 182 Å². The number of ketones is 1. The van der Waals surface area contributed by atoms with Crippen LogP contribution in [-0.2, 0) is 4.79 Å². The number of amides is 1. The largest absolute Gasteiger partial charge is 0.497 e. The lowest BCUT2D eigenvalue weighted by Crippen LogP contribution is -2.24. The molecule has 0 radical (unpaired) electrons. The Morgan fingerprint density at radius 3 is 2.40 bits per heavy atom. The summed E-state index contributed by atoms with van der Waals surface area (Å²) in [5.74, 6) is -0.738. The molecule has 0 spiro atoms. The van der Waals surface area contributed by atoms with Gasteiger partial charge in [-0.1, -0.05) is 41.4 Å². The van der Waals surface area contributed by atoms with Gasteiger partial charge in [-0.2, -0.15) is 0 Å². The maximum atomic E-state index is 13.2. The Balaban J connectivity index is 1.75. The minimum Gasteiger partial charge on any atom is -0.497 e. The SMILES string of the molecule is COc1ccc(-c2cc3ccccn3c2C(=O)C(=O)Nc2ccc(Cl)c(Cl)c2)cc1. The quantitative estimate of drug-likeness (QED) is 0.319. The molecule has 0 aliphatic heterocycles. The van der Waals surface area contributed by atoms with Crippen molar-refractivity contribution >= 4 is 46.1 Å². The Morgan fingerprint density at radius 2 is 1.70 bits per heavy atom. The molecule has 2 heterocycles. The number of halogens is 2. The van der Waals surface area contributed by atoms with E-state index in [1.165, 1.54) is 6.07 Å². The number of aromatic nitrogens is 1. The van der Waals surface area contributed by atoms with Gasteiger partial charge in [-0.15, -0.1) is 0 Å². The van der Waals surface area contributed by atoms with Crippen molar-refractivity contribution in [3.8, 4) is 16.9 Å². The first kappa shape index (κ1) is 20.0. The molecule has 0 aliphatic carbocycles. The molecular weight excluding hydrogens is 423 g/mol. The van der Waals surface area contributed by atoms with Crippen LogP contribution in [0.3, 0.4) is 0 Å². The molecule has 0 unspecified atom stereocenters. The Hall–Kier alpha value is -3.28. The topological polar surface area (TPSA) is 59.8 Å². The number of carbonyl (C=O) groups excluding carboxylic acids is 2. The lowest BCUT2D eigenvalue weighted by atomic mass is 10.0. The van der Waals surface area contributed by atoms with E-state index in [1.54, 1.807) is 35.9 Å². The molecule has 30 heavy (non-hydrogen) atoms. The molecule has 1 N–H and O–H groups in total. The summed E-state index contributed by atoms with van der Waals surface area (Å²) in [5, 5.41) is 3.24. The summed E-state index contributed by atoms with van der Waals surface area (Å²) in [6, 6.07) is 19.4. The standard InChI is InChI=1S/C23H16Cl2N2O3/c1-30-17-8-5-14(6-9-17)18-13-16-4-2-3-11-27(16)21(18)22(28)23(29)26-15-7-10-19(24)20(25)12-15/h2-13H,1H3,(H,26,29). The van der Waals surface area contributed by atoms with E-state index < -0.39 is 11.7 Å². The van der Waals surface area contributed by atoms with Gasteiger partial charge in [-0.3, -0.25) is 9.59 Å². The van der Waals surface area contributed by atoms with Crippen LogP contribution >= 0.6 is 23.2 Å². The van der Waals surface area contributed by atoms with Gasteiger partial charge >= 0.3 is 0 Å². The second-order valence-corrected chi connectivity index (χ2v) is 7.36. The molecular formula is C23H16Cl2N2O3. The number of methoxy groups -OCH3 is 1. The number of Topliss-reactive ketones (excluding diaryl/α,β-unsaturated/α-hetero) is 1. The average molecular weight is 439 g/mol. The van der Waals surface area contributed by atoms with Gasteiger partial charge in [0.25, 0.3) is 11.7 Å². The van der Waals surface area contributed by atoms with E-state index >= 15 is 0 Å². The molecule has 0 fully saturated rings. The first-order chi connectivity index (χ1) is 14.5. The summed E-state index contributed by atoms with van der Waals surface area (Å²) in [6.07, 6.45) is 1.75. The molecule has 0 atom stereocenters. The number of hydrogen-bond donors (Lipinski definition) is 1. The zero-order chi connectivity index (χ0) is 21.3. The number of nitrogens with one attached hydrogen (secondary N) is 1. The van der Waals surface area contributed by atoms with Crippen molar-refractivity contribution in [2.75, 3.05) is 12.4 Å². The summed E-state index contributed by atoms with van der Waals surface area (Å²) >= 11 is 11.9. The van der Waals surface area contributed by atoms with E-state index in [0.29, 0.717) is 22.0 Å². The summed E-state index contributed by atoms with van der Waals surface area (Å²) in [5.41, 5.74) is 2.90. The van der Waals surface area contributed by atoms with Crippen molar-refractivity contribution in [3.05, 3.63) is 88.7 Å². The highest BCUT2D eigenvalue weighted by Crippen LogP contribution is 2.30. The minimum absolute atomic E-state index is 0.272. The van der Waals surface area contributed by atoms with Crippen LogP contribution < -0.4 is 10.1 Å². The molecule has 4 aromatic rings. The van der Waals surface area contributed by atoms with Crippen molar-refractivity contribution < 1.29 is 14.3 Å². The minimum atomic E-state index is -0.771. The van der Waals surface area contributed by atoms with Gasteiger partial charge in [0.2, 0.25) is 0 Å². The fraction of sp³-hybridized carbons (Fsp3) is 0.0435. The van der Waals surface area contributed by atoms with Crippen molar-refractivity contribution in [3.63, 3.8) is 0 Å². The van der Waals surface area contributed by atoms with Gasteiger partial charge in [0, 0.05) is 23.0 Å². The lowest BCUT2D eigenvalue weighted by Gasteiger charge is -2.09. The molecule has 2 aromatic carbocycles. The number of rotatable bonds is 5. The number of carbonyl (C=O) groups is 2. The fourth-order valence-corrected chi connectivity index (χ4v) is 3.51. The van der Waals surface area contributed by atoms with Crippen molar-refractivity contribution in [1.82, 2.24) is 4.40 Å². The zero-order valence-corrected chi connectivity index (χ0v) is 17.4. The number of hydrogen-bond acceptors (Lipinski definition) is 3. The molecule has 2 aromatic heterocycles. The van der Waals surface area contributed by atoms with Crippen molar-refractivity contribution in [2.45, 2.75) is 0 Å². The first-order valence-electron chi connectivity index (χ1n) is 9.03. The van der Waals surface area contributed by atoms with Gasteiger partial charge in [0.05, 0.1) is 17.2 Å². The molecule has 7 heteroatoms. The summed E-state index contributed by atoms with van der Waals surface area (Å²) in [4.78, 5) is 25.9. The summed E-state index contributed by atoms with van der Waals surface area (Å²) < 4.78 is 6.91. The Kier molecular flexibility index (Phi) is 5.48. The summed E-state index contributed by atoms with van der Waals surface area (Å²) in [6.45, 7) is 0. The average Bonchev–Trinajstić information content (AvgIpc) is 3.15. The van der Waals surface area contributed by atoms with Crippen LogP contribution in [0.2, 0.25) is 10.0 Å². The van der Waals surface area contributed by atoms with E-state index in [2.05, 4.69) is 5.32 Å². The maximum absolute atomic E-state index is 13.2. The molecule has 1 amide bonds. The zero-order valence-electron chi connectivity index (χ0n) is 15.9. The third-order valence-electron chi connectivity index (χ3n) is 4.68. The van der Waals surface area contributed by atoms with Gasteiger partial charge < -0.3 is 14.5 Å². The Morgan fingerprint density at radius 1 is 0.933 bits per heavy atom. The second kappa shape index (κ2) is 8.22. The second-order valence-electron chi connectivity index (χ2n) is 6.54. The highest BCUT2D eigenvalue weighted by atomic mass is 35.5. The number of anilines is 1. The molecule has 5 nitrogen and oxygen atoms in total. The highest BCUT2D eigenvalue weighted by Gasteiger charge is 2.25. The van der Waals surface area contributed by atoms with E-state index in [0.717, 1.165) is 11.1 Å². The molecule has 4 rings (SSSR count). The predicted octanol–water partition coefficient (Wildman–Crippen LogP) is 5.74. The predicted molar refractivity (Wildman–Crippen MR) is 119 cm³/mol.